The van der Waals surface area contributed by atoms with E-state index in [1.807, 2.05) is 41.8 Å². The van der Waals surface area contributed by atoms with Crippen LogP contribution in [0.2, 0.25) is 0 Å². The molecule has 0 unspecified atom stereocenters. The van der Waals surface area contributed by atoms with Crippen LogP contribution in [0.15, 0.2) is 52.9 Å². The number of imide groups is 1. The Morgan fingerprint density at radius 3 is 2.74 bits per heavy atom. The predicted octanol–water partition coefficient (Wildman–Crippen LogP) is 3.35. The van der Waals surface area contributed by atoms with E-state index in [1.165, 1.54) is 16.6 Å². The second kappa shape index (κ2) is 9.93. The molecule has 0 bridgehead atoms. The topological polar surface area (TPSA) is 100 Å². The minimum Gasteiger partial charge on any atom is -0.349 e. The van der Waals surface area contributed by atoms with Crippen molar-refractivity contribution in [2.75, 3.05) is 12.3 Å². The molecular weight excluding hydrogens is 432 g/mol. The van der Waals surface area contributed by atoms with Gasteiger partial charge in [-0.3, -0.25) is 14.9 Å². The summed E-state index contributed by atoms with van der Waals surface area (Å²) in [6, 6.07) is 12.8. The van der Waals surface area contributed by atoms with Crippen LogP contribution in [0, 0.1) is 0 Å². The number of hydrogen-bond donors (Lipinski definition) is 3. The molecule has 31 heavy (non-hydrogen) atoms. The Labute approximate surface area is 188 Å². The van der Waals surface area contributed by atoms with Gasteiger partial charge in [-0.2, -0.15) is 0 Å². The summed E-state index contributed by atoms with van der Waals surface area (Å²) < 4.78 is 0. The van der Waals surface area contributed by atoms with Gasteiger partial charge in [-0.05, 0) is 42.8 Å². The summed E-state index contributed by atoms with van der Waals surface area (Å²) in [4.78, 5) is 42.4. The first kappa shape index (κ1) is 21.3. The number of benzene rings is 1. The highest BCUT2D eigenvalue weighted by molar-refractivity contribution is 7.99. The van der Waals surface area contributed by atoms with E-state index in [2.05, 4.69) is 20.9 Å². The molecule has 1 aromatic carbocycles. The molecule has 0 atom stereocenters. The van der Waals surface area contributed by atoms with Gasteiger partial charge in [0.2, 0.25) is 5.91 Å². The standard InChI is InChI=1S/C22H22N4O3S2/c27-19(26-22(29)23-10-9-15-4-3-11-30-15)13-31-20-12-17(21(28)24-14-7-8-14)16-5-1-2-6-18(16)25-20/h1-6,11-12,14H,7-10,13H2,(H,24,28)(H2,23,26,27,29). The molecule has 7 nitrogen and oxygen atoms in total. The molecule has 0 spiro atoms. The number of thiophene rings is 1. The number of thioether (sulfide) groups is 1. The number of nitrogens with zero attached hydrogens (tertiary/aromatic N) is 1. The van der Waals surface area contributed by atoms with Gasteiger partial charge in [0.25, 0.3) is 5.91 Å². The van der Waals surface area contributed by atoms with Crippen LogP contribution >= 0.6 is 23.1 Å². The molecule has 2 aromatic heterocycles. The van der Waals surface area contributed by atoms with Gasteiger partial charge in [0, 0.05) is 22.8 Å². The molecule has 1 saturated carbocycles. The molecule has 4 amide bonds. The van der Waals surface area contributed by atoms with Crippen LogP contribution in [0.25, 0.3) is 10.9 Å². The average Bonchev–Trinajstić information content (AvgIpc) is 3.42. The summed E-state index contributed by atoms with van der Waals surface area (Å²) >= 11 is 2.82. The molecule has 0 saturated heterocycles. The monoisotopic (exact) mass is 454 g/mol. The third-order valence-electron chi connectivity index (χ3n) is 4.69. The lowest BCUT2D eigenvalue weighted by Gasteiger charge is -2.10. The highest BCUT2D eigenvalue weighted by Crippen LogP contribution is 2.26. The van der Waals surface area contributed by atoms with E-state index in [1.54, 1.807) is 17.4 Å². The first-order valence-corrected chi connectivity index (χ1v) is 11.9. The largest absolute Gasteiger partial charge is 0.349 e. The summed E-state index contributed by atoms with van der Waals surface area (Å²) in [6.45, 7) is 0.457. The summed E-state index contributed by atoms with van der Waals surface area (Å²) in [5.74, 6) is -0.525. The smallest absolute Gasteiger partial charge is 0.321 e. The number of carbonyl (C=O) groups excluding carboxylic acids is 3. The molecule has 0 radical (unpaired) electrons. The van der Waals surface area contributed by atoms with Crippen molar-refractivity contribution in [3.63, 3.8) is 0 Å². The Morgan fingerprint density at radius 2 is 1.97 bits per heavy atom. The van der Waals surface area contributed by atoms with Gasteiger partial charge >= 0.3 is 6.03 Å². The fraction of sp³-hybridized carbons (Fsp3) is 0.273. The fourth-order valence-corrected chi connectivity index (χ4v) is 4.43. The second-order valence-corrected chi connectivity index (χ2v) is 9.22. The van der Waals surface area contributed by atoms with Crippen molar-refractivity contribution in [2.24, 2.45) is 0 Å². The molecule has 4 rings (SSSR count). The average molecular weight is 455 g/mol. The number of fused-ring (bicyclic) bond motifs is 1. The Kier molecular flexibility index (Phi) is 6.83. The first-order valence-electron chi connectivity index (χ1n) is 10.0. The molecule has 1 fully saturated rings. The fourth-order valence-electron chi connectivity index (χ4n) is 3.00. The van der Waals surface area contributed by atoms with Gasteiger partial charge in [-0.1, -0.05) is 36.0 Å². The quantitative estimate of drug-likeness (QED) is 0.453. The number of urea groups is 1. The number of aromatic nitrogens is 1. The van der Waals surface area contributed by atoms with Crippen LogP contribution in [0.5, 0.6) is 0 Å². The minimum absolute atomic E-state index is 0.0212. The number of carbonyl (C=O) groups is 3. The lowest BCUT2D eigenvalue weighted by atomic mass is 10.1. The number of amides is 4. The molecule has 1 aliphatic carbocycles. The van der Waals surface area contributed by atoms with E-state index in [4.69, 9.17) is 0 Å². The van der Waals surface area contributed by atoms with Gasteiger partial charge < -0.3 is 10.6 Å². The SMILES string of the molecule is O=C(CSc1cc(C(=O)NC2CC2)c2ccccc2n1)NC(=O)NCCc1cccs1. The van der Waals surface area contributed by atoms with Crippen LogP contribution in [0.4, 0.5) is 4.79 Å². The lowest BCUT2D eigenvalue weighted by molar-refractivity contribution is -0.117. The van der Waals surface area contributed by atoms with E-state index < -0.39 is 11.9 Å². The first-order chi connectivity index (χ1) is 15.1. The summed E-state index contributed by atoms with van der Waals surface area (Å²) in [7, 11) is 0. The summed E-state index contributed by atoms with van der Waals surface area (Å²) in [5, 5.41) is 11.3. The van der Waals surface area contributed by atoms with E-state index >= 15 is 0 Å². The zero-order valence-corrected chi connectivity index (χ0v) is 18.4. The maximum Gasteiger partial charge on any atom is 0.321 e. The van der Waals surface area contributed by atoms with Gasteiger partial charge in [0.15, 0.2) is 0 Å². The van der Waals surface area contributed by atoms with Crippen LogP contribution in [0.3, 0.4) is 0 Å². The molecule has 3 aromatic rings. The maximum absolute atomic E-state index is 12.7. The normalized spacial score (nSPS) is 13.0. The third kappa shape index (κ3) is 6.05. The zero-order chi connectivity index (χ0) is 21.6. The van der Waals surface area contributed by atoms with Crippen LogP contribution in [0.1, 0.15) is 28.1 Å². The molecule has 3 N–H and O–H groups in total. The highest BCUT2D eigenvalue weighted by atomic mass is 32.2. The number of pyridine rings is 1. The number of nitrogens with one attached hydrogen (secondary N) is 3. The number of hydrogen-bond acceptors (Lipinski definition) is 6. The Morgan fingerprint density at radius 1 is 1.13 bits per heavy atom. The van der Waals surface area contributed by atoms with E-state index in [0.29, 0.717) is 22.7 Å². The number of para-hydroxylation sites is 1. The Balaban J connectivity index is 1.33. The molecule has 9 heteroatoms. The van der Waals surface area contributed by atoms with Crippen molar-refractivity contribution in [3.05, 3.63) is 58.3 Å². The Hall–Kier alpha value is -2.91. The van der Waals surface area contributed by atoms with Crippen molar-refractivity contribution in [1.29, 1.82) is 0 Å². The van der Waals surface area contributed by atoms with Crippen molar-refractivity contribution in [2.45, 2.75) is 30.3 Å². The van der Waals surface area contributed by atoms with Crippen molar-refractivity contribution in [3.8, 4) is 0 Å². The van der Waals surface area contributed by atoms with Gasteiger partial charge in [-0.15, -0.1) is 11.3 Å². The third-order valence-corrected chi connectivity index (χ3v) is 6.54. The Bertz CT molecular complexity index is 1100. The van der Waals surface area contributed by atoms with E-state index in [9.17, 15) is 14.4 Å². The van der Waals surface area contributed by atoms with Crippen molar-refractivity contribution < 1.29 is 14.4 Å². The van der Waals surface area contributed by atoms with Gasteiger partial charge in [-0.25, -0.2) is 9.78 Å². The van der Waals surface area contributed by atoms with E-state index in [-0.39, 0.29) is 17.7 Å². The minimum atomic E-state index is -0.516. The molecular formula is C22H22N4O3S2. The van der Waals surface area contributed by atoms with Crippen molar-refractivity contribution >= 4 is 51.8 Å². The second-order valence-electron chi connectivity index (χ2n) is 7.20. The molecule has 1 aliphatic rings. The summed E-state index contributed by atoms with van der Waals surface area (Å²) in [5.41, 5.74) is 1.24. The van der Waals surface area contributed by atoms with Crippen molar-refractivity contribution in [1.82, 2.24) is 20.9 Å². The molecule has 160 valence electrons. The number of rotatable bonds is 8. The zero-order valence-electron chi connectivity index (χ0n) is 16.7. The molecule has 2 heterocycles. The van der Waals surface area contributed by atoms with Crippen LogP contribution < -0.4 is 16.0 Å². The predicted molar refractivity (Wildman–Crippen MR) is 123 cm³/mol. The highest BCUT2D eigenvalue weighted by Gasteiger charge is 2.25. The maximum atomic E-state index is 12.7. The summed E-state index contributed by atoms with van der Waals surface area (Å²) in [6.07, 6.45) is 2.73. The van der Waals surface area contributed by atoms with Gasteiger partial charge in [0.05, 0.1) is 21.9 Å². The van der Waals surface area contributed by atoms with Crippen LogP contribution in [-0.4, -0.2) is 41.2 Å². The van der Waals surface area contributed by atoms with E-state index in [0.717, 1.165) is 24.6 Å². The van der Waals surface area contributed by atoms with Crippen LogP contribution in [-0.2, 0) is 11.2 Å². The lowest BCUT2D eigenvalue weighted by Crippen LogP contribution is -2.41. The van der Waals surface area contributed by atoms with Gasteiger partial charge in [0.1, 0.15) is 0 Å². The molecule has 0 aliphatic heterocycles.